The molecule has 0 radical (unpaired) electrons. The second-order valence-electron chi connectivity index (χ2n) is 6.01. The quantitative estimate of drug-likeness (QED) is 0.921. The molecule has 5 nitrogen and oxygen atoms in total. The highest BCUT2D eigenvalue weighted by molar-refractivity contribution is 5.85. The summed E-state index contributed by atoms with van der Waals surface area (Å²) in [5.41, 5.74) is 3.46. The number of nitrogens with one attached hydrogen (secondary N) is 1. The zero-order chi connectivity index (χ0) is 14.3. The van der Waals surface area contributed by atoms with Crippen molar-refractivity contribution in [2.75, 3.05) is 13.1 Å². The molecular formula is C15H24ClN5. The Balaban J connectivity index is 0.00000161. The molecule has 1 N–H and O–H groups in total. The minimum atomic E-state index is 0. The van der Waals surface area contributed by atoms with Crippen LogP contribution < -0.4 is 5.32 Å². The lowest BCUT2D eigenvalue weighted by atomic mass is 10.1. The van der Waals surface area contributed by atoms with Gasteiger partial charge in [-0.05, 0) is 33.8 Å². The van der Waals surface area contributed by atoms with Gasteiger partial charge in [-0.15, -0.1) is 12.4 Å². The van der Waals surface area contributed by atoms with Crippen LogP contribution in [0.15, 0.2) is 12.3 Å². The molecule has 0 saturated carbocycles. The summed E-state index contributed by atoms with van der Waals surface area (Å²) in [5, 5.41) is 3.52. The van der Waals surface area contributed by atoms with E-state index in [-0.39, 0.29) is 12.4 Å². The van der Waals surface area contributed by atoms with Crippen LogP contribution in [0.5, 0.6) is 0 Å². The van der Waals surface area contributed by atoms with E-state index in [4.69, 9.17) is 0 Å². The molecule has 1 aliphatic heterocycles. The van der Waals surface area contributed by atoms with Crippen LogP contribution in [0.1, 0.15) is 30.9 Å². The number of fused-ring (bicyclic) bond motifs is 1. The smallest absolute Gasteiger partial charge is 0.234 e. The van der Waals surface area contributed by atoms with Crippen LogP contribution in [0.25, 0.3) is 5.78 Å². The van der Waals surface area contributed by atoms with Crippen LogP contribution in [-0.4, -0.2) is 44.4 Å². The van der Waals surface area contributed by atoms with Gasteiger partial charge in [-0.3, -0.25) is 9.30 Å². The second-order valence-corrected chi connectivity index (χ2v) is 6.01. The molecule has 116 valence electrons. The number of aromatic nitrogens is 3. The van der Waals surface area contributed by atoms with Gasteiger partial charge < -0.3 is 5.32 Å². The third-order valence-electron chi connectivity index (χ3n) is 4.12. The van der Waals surface area contributed by atoms with E-state index in [1.807, 2.05) is 13.1 Å². The van der Waals surface area contributed by atoms with Crippen molar-refractivity contribution >= 4 is 18.2 Å². The lowest BCUT2D eigenvalue weighted by molar-refractivity contribution is 0.137. The highest BCUT2D eigenvalue weighted by Gasteiger charge is 2.23. The van der Waals surface area contributed by atoms with Crippen LogP contribution in [0.3, 0.4) is 0 Å². The molecule has 0 bridgehead atoms. The normalized spacial score (nSPS) is 23.2. The van der Waals surface area contributed by atoms with Gasteiger partial charge in [-0.2, -0.15) is 0 Å². The summed E-state index contributed by atoms with van der Waals surface area (Å²) in [6, 6.07) is 3.21. The molecule has 0 aromatic carbocycles. The third kappa shape index (κ3) is 3.20. The fourth-order valence-electron chi connectivity index (χ4n) is 3.03. The predicted octanol–water partition coefficient (Wildman–Crippen LogP) is 1.95. The van der Waals surface area contributed by atoms with Crippen molar-refractivity contribution in [3.05, 3.63) is 29.3 Å². The summed E-state index contributed by atoms with van der Waals surface area (Å²) in [6.07, 6.45) is 1.97. The Hall–Kier alpha value is -1.17. The number of hydrogen-bond acceptors (Lipinski definition) is 4. The summed E-state index contributed by atoms with van der Waals surface area (Å²) in [4.78, 5) is 11.5. The molecule has 1 aliphatic rings. The number of hydrogen-bond donors (Lipinski definition) is 1. The first-order valence-corrected chi connectivity index (χ1v) is 7.32. The van der Waals surface area contributed by atoms with Gasteiger partial charge in [0.1, 0.15) is 0 Å². The summed E-state index contributed by atoms with van der Waals surface area (Å²) >= 11 is 0. The molecule has 0 aliphatic carbocycles. The molecule has 2 aromatic rings. The van der Waals surface area contributed by atoms with Crippen LogP contribution >= 0.6 is 12.4 Å². The Kier molecular flexibility index (Phi) is 4.86. The first-order chi connectivity index (χ1) is 9.54. The lowest BCUT2D eigenvalue weighted by Crippen LogP contribution is -2.53. The first-order valence-electron chi connectivity index (χ1n) is 7.32. The Morgan fingerprint density at radius 3 is 2.86 bits per heavy atom. The van der Waals surface area contributed by atoms with Crippen molar-refractivity contribution in [1.29, 1.82) is 0 Å². The maximum absolute atomic E-state index is 4.51. The number of piperazine rings is 1. The monoisotopic (exact) mass is 309 g/mol. The molecule has 6 heteroatoms. The topological polar surface area (TPSA) is 45.5 Å². The second kappa shape index (κ2) is 6.30. The average molecular weight is 310 g/mol. The SMILES string of the molecule is Cc1cc(C)n2c(CN3CC(C)NCC3C)cnc2n1.Cl. The fourth-order valence-corrected chi connectivity index (χ4v) is 3.03. The molecule has 2 unspecified atom stereocenters. The largest absolute Gasteiger partial charge is 0.311 e. The third-order valence-corrected chi connectivity index (χ3v) is 4.12. The average Bonchev–Trinajstić information content (AvgIpc) is 2.77. The van der Waals surface area contributed by atoms with Crippen molar-refractivity contribution < 1.29 is 0 Å². The maximum Gasteiger partial charge on any atom is 0.234 e. The van der Waals surface area contributed by atoms with Gasteiger partial charge in [-0.25, -0.2) is 9.97 Å². The minimum Gasteiger partial charge on any atom is -0.311 e. The number of aryl methyl sites for hydroxylation is 2. The zero-order valence-corrected chi connectivity index (χ0v) is 13.9. The Labute approximate surface area is 132 Å². The van der Waals surface area contributed by atoms with Gasteiger partial charge >= 0.3 is 0 Å². The molecule has 1 fully saturated rings. The lowest BCUT2D eigenvalue weighted by Gasteiger charge is -2.37. The Morgan fingerprint density at radius 2 is 2.10 bits per heavy atom. The van der Waals surface area contributed by atoms with Gasteiger partial charge in [0.25, 0.3) is 0 Å². The summed E-state index contributed by atoms with van der Waals surface area (Å²) in [7, 11) is 0. The molecule has 2 aromatic heterocycles. The van der Waals surface area contributed by atoms with Crippen LogP contribution in [0, 0.1) is 13.8 Å². The summed E-state index contributed by atoms with van der Waals surface area (Å²) in [5.74, 6) is 0.813. The Bertz CT molecular complexity index is 624. The number of halogens is 1. The molecule has 21 heavy (non-hydrogen) atoms. The minimum absolute atomic E-state index is 0. The van der Waals surface area contributed by atoms with Crippen molar-refractivity contribution in [1.82, 2.24) is 24.6 Å². The molecule has 0 amide bonds. The van der Waals surface area contributed by atoms with Gasteiger partial charge in [0.05, 0.1) is 11.9 Å². The van der Waals surface area contributed by atoms with E-state index in [1.54, 1.807) is 0 Å². The summed E-state index contributed by atoms with van der Waals surface area (Å²) in [6.45, 7) is 11.7. The van der Waals surface area contributed by atoms with Gasteiger partial charge in [0.15, 0.2) is 0 Å². The van der Waals surface area contributed by atoms with Crippen LogP contribution in [0.2, 0.25) is 0 Å². The van der Waals surface area contributed by atoms with E-state index in [0.29, 0.717) is 12.1 Å². The van der Waals surface area contributed by atoms with E-state index < -0.39 is 0 Å². The number of imidazole rings is 1. The molecule has 2 atom stereocenters. The fraction of sp³-hybridized carbons (Fsp3) is 0.600. The van der Waals surface area contributed by atoms with Crippen molar-refractivity contribution in [2.45, 2.75) is 46.3 Å². The van der Waals surface area contributed by atoms with E-state index >= 15 is 0 Å². The summed E-state index contributed by atoms with van der Waals surface area (Å²) < 4.78 is 2.17. The maximum atomic E-state index is 4.51. The predicted molar refractivity (Wildman–Crippen MR) is 87.0 cm³/mol. The zero-order valence-electron chi connectivity index (χ0n) is 13.1. The number of nitrogens with zero attached hydrogens (tertiary/aromatic N) is 4. The molecular weight excluding hydrogens is 286 g/mol. The van der Waals surface area contributed by atoms with Gasteiger partial charge in [0.2, 0.25) is 5.78 Å². The molecule has 0 spiro atoms. The van der Waals surface area contributed by atoms with Crippen molar-refractivity contribution in [3.8, 4) is 0 Å². The van der Waals surface area contributed by atoms with Gasteiger partial charge in [-0.1, -0.05) is 0 Å². The van der Waals surface area contributed by atoms with Crippen molar-refractivity contribution in [3.63, 3.8) is 0 Å². The highest BCUT2D eigenvalue weighted by Crippen LogP contribution is 2.15. The van der Waals surface area contributed by atoms with E-state index in [9.17, 15) is 0 Å². The Morgan fingerprint density at radius 1 is 1.33 bits per heavy atom. The van der Waals surface area contributed by atoms with E-state index in [2.05, 4.69) is 51.4 Å². The van der Waals surface area contributed by atoms with Gasteiger partial charge in [0, 0.05) is 43.1 Å². The van der Waals surface area contributed by atoms with Crippen LogP contribution in [-0.2, 0) is 6.54 Å². The first kappa shape index (κ1) is 16.2. The molecule has 3 heterocycles. The molecule has 1 saturated heterocycles. The number of rotatable bonds is 2. The standard InChI is InChI=1S/C15H23N5.ClH/c1-10-5-12(3)20-14(7-17-15(20)18-10)9-19-8-11(2)16-6-13(19)4;/h5,7,11,13,16H,6,8-9H2,1-4H3;1H. The highest BCUT2D eigenvalue weighted by atomic mass is 35.5. The van der Waals surface area contributed by atoms with Crippen molar-refractivity contribution in [2.24, 2.45) is 0 Å². The molecule has 3 rings (SSSR count). The van der Waals surface area contributed by atoms with E-state index in [0.717, 1.165) is 31.1 Å². The van der Waals surface area contributed by atoms with Crippen LogP contribution in [0.4, 0.5) is 0 Å². The van der Waals surface area contributed by atoms with E-state index in [1.165, 1.54) is 11.4 Å².